The fourth-order valence-corrected chi connectivity index (χ4v) is 2.16. The van der Waals surface area contributed by atoms with Gasteiger partial charge < -0.3 is 10.1 Å². The predicted octanol–water partition coefficient (Wildman–Crippen LogP) is 2.89. The van der Waals surface area contributed by atoms with E-state index in [0.717, 1.165) is 17.1 Å². The Morgan fingerprint density at radius 3 is 2.80 bits per heavy atom. The second kappa shape index (κ2) is 5.10. The third-order valence-electron chi connectivity index (χ3n) is 2.71. The van der Waals surface area contributed by atoms with Crippen molar-refractivity contribution in [2.24, 2.45) is 0 Å². The summed E-state index contributed by atoms with van der Waals surface area (Å²) in [7, 11) is 1.76. The molecular formula is C12H16BrNO. The molecule has 1 N–H and O–H groups in total. The minimum atomic E-state index is 0.140. The minimum absolute atomic E-state index is 0.140. The van der Waals surface area contributed by atoms with Crippen LogP contribution in [-0.2, 0) is 4.74 Å². The van der Waals surface area contributed by atoms with Crippen LogP contribution < -0.4 is 5.32 Å². The second-order valence-electron chi connectivity index (χ2n) is 3.93. The van der Waals surface area contributed by atoms with Crippen LogP contribution in [-0.4, -0.2) is 19.7 Å². The molecule has 0 heterocycles. The molecule has 2 rings (SSSR count). The Balaban J connectivity index is 2.00. The largest absolute Gasteiger partial charge is 0.375 e. The molecule has 1 saturated carbocycles. The molecule has 0 amide bonds. The zero-order valence-electron chi connectivity index (χ0n) is 8.87. The van der Waals surface area contributed by atoms with Gasteiger partial charge in [0.2, 0.25) is 0 Å². The Morgan fingerprint density at radius 2 is 2.20 bits per heavy atom. The molecule has 1 aliphatic carbocycles. The van der Waals surface area contributed by atoms with E-state index in [1.165, 1.54) is 18.4 Å². The van der Waals surface area contributed by atoms with E-state index >= 15 is 0 Å². The fraction of sp³-hybridized carbons (Fsp3) is 0.500. The maximum absolute atomic E-state index is 5.50. The summed E-state index contributed by atoms with van der Waals surface area (Å²) in [6, 6.07) is 8.95. The third kappa shape index (κ3) is 3.03. The molecule has 0 aromatic heterocycles. The predicted molar refractivity (Wildman–Crippen MR) is 64.9 cm³/mol. The summed E-state index contributed by atoms with van der Waals surface area (Å²) in [5, 5.41) is 3.49. The maximum atomic E-state index is 5.50. The molecule has 3 heteroatoms. The van der Waals surface area contributed by atoms with Crippen LogP contribution in [0, 0.1) is 0 Å². The Kier molecular flexibility index (Phi) is 3.78. The Labute approximate surface area is 99.1 Å². The minimum Gasteiger partial charge on any atom is -0.375 e. The molecule has 1 aromatic rings. The number of benzene rings is 1. The average molecular weight is 270 g/mol. The molecule has 82 valence electrons. The van der Waals surface area contributed by atoms with Crippen molar-refractivity contribution in [1.29, 1.82) is 0 Å². The molecule has 2 nitrogen and oxygen atoms in total. The Bertz CT molecular complexity index is 325. The first-order chi connectivity index (χ1) is 7.31. The number of hydrogen-bond donors (Lipinski definition) is 1. The smallest absolute Gasteiger partial charge is 0.0956 e. The van der Waals surface area contributed by atoms with Gasteiger partial charge in [-0.1, -0.05) is 34.1 Å². The van der Waals surface area contributed by atoms with Crippen molar-refractivity contribution in [2.75, 3.05) is 13.7 Å². The van der Waals surface area contributed by atoms with E-state index in [2.05, 4.69) is 33.4 Å². The lowest BCUT2D eigenvalue weighted by molar-refractivity contribution is 0.101. The van der Waals surface area contributed by atoms with Crippen molar-refractivity contribution in [3.63, 3.8) is 0 Å². The van der Waals surface area contributed by atoms with Gasteiger partial charge in [0.15, 0.2) is 0 Å². The topological polar surface area (TPSA) is 21.3 Å². The molecule has 1 atom stereocenters. The number of rotatable bonds is 5. The number of nitrogens with one attached hydrogen (secondary N) is 1. The zero-order valence-corrected chi connectivity index (χ0v) is 10.5. The molecule has 0 radical (unpaired) electrons. The van der Waals surface area contributed by atoms with Gasteiger partial charge in [-0.15, -0.1) is 0 Å². The first-order valence-corrected chi connectivity index (χ1v) is 6.11. The summed E-state index contributed by atoms with van der Waals surface area (Å²) >= 11 is 3.55. The molecule has 0 saturated heterocycles. The molecule has 0 spiro atoms. The van der Waals surface area contributed by atoms with Crippen molar-refractivity contribution in [1.82, 2.24) is 5.32 Å². The van der Waals surface area contributed by atoms with Gasteiger partial charge in [-0.05, 0) is 24.5 Å². The lowest BCUT2D eigenvalue weighted by atomic mass is 10.1. The zero-order chi connectivity index (χ0) is 10.7. The van der Waals surface area contributed by atoms with Crippen LogP contribution in [0.4, 0.5) is 0 Å². The molecule has 1 aliphatic rings. The quantitative estimate of drug-likeness (QED) is 0.888. The number of hydrogen-bond acceptors (Lipinski definition) is 2. The summed E-state index contributed by atoms with van der Waals surface area (Å²) < 4.78 is 6.62. The van der Waals surface area contributed by atoms with Gasteiger partial charge in [0.05, 0.1) is 6.10 Å². The Morgan fingerprint density at radius 1 is 1.47 bits per heavy atom. The highest BCUT2D eigenvalue weighted by Crippen LogP contribution is 2.26. The summed E-state index contributed by atoms with van der Waals surface area (Å²) in [6.07, 6.45) is 2.76. The van der Waals surface area contributed by atoms with Gasteiger partial charge in [-0.25, -0.2) is 0 Å². The molecule has 0 bridgehead atoms. The van der Waals surface area contributed by atoms with Gasteiger partial charge in [0.1, 0.15) is 0 Å². The molecule has 1 aromatic carbocycles. The van der Waals surface area contributed by atoms with E-state index in [-0.39, 0.29) is 6.10 Å². The maximum Gasteiger partial charge on any atom is 0.0956 e. The van der Waals surface area contributed by atoms with E-state index in [9.17, 15) is 0 Å². The first kappa shape index (κ1) is 11.1. The monoisotopic (exact) mass is 269 g/mol. The normalized spacial score (nSPS) is 17.7. The van der Waals surface area contributed by atoms with Crippen molar-refractivity contribution in [3.8, 4) is 0 Å². The van der Waals surface area contributed by atoms with Crippen molar-refractivity contribution in [3.05, 3.63) is 34.3 Å². The highest BCUT2D eigenvalue weighted by atomic mass is 79.9. The molecule has 1 unspecified atom stereocenters. The second-order valence-corrected chi connectivity index (χ2v) is 4.78. The van der Waals surface area contributed by atoms with E-state index in [1.54, 1.807) is 7.11 Å². The SMILES string of the molecule is COC(CNC1CC1)c1ccccc1Br. The van der Waals surface area contributed by atoms with Crippen LogP contribution >= 0.6 is 15.9 Å². The van der Waals surface area contributed by atoms with Crippen molar-refractivity contribution in [2.45, 2.75) is 25.0 Å². The third-order valence-corrected chi connectivity index (χ3v) is 3.43. The van der Waals surface area contributed by atoms with Crippen LogP contribution in [0.2, 0.25) is 0 Å². The average Bonchev–Trinajstić information content (AvgIpc) is 3.05. The van der Waals surface area contributed by atoms with Crippen LogP contribution in [0.25, 0.3) is 0 Å². The standard InChI is InChI=1S/C12H16BrNO/c1-15-12(8-14-9-6-7-9)10-4-2-3-5-11(10)13/h2-5,9,12,14H,6-8H2,1H3. The van der Waals surface area contributed by atoms with Gasteiger partial charge in [-0.3, -0.25) is 0 Å². The van der Waals surface area contributed by atoms with Crippen LogP contribution in [0.1, 0.15) is 24.5 Å². The van der Waals surface area contributed by atoms with E-state index in [1.807, 2.05) is 12.1 Å². The highest BCUT2D eigenvalue weighted by Gasteiger charge is 2.22. The fourth-order valence-electron chi connectivity index (χ4n) is 1.62. The summed E-state index contributed by atoms with van der Waals surface area (Å²) in [4.78, 5) is 0. The van der Waals surface area contributed by atoms with Gasteiger partial charge in [-0.2, -0.15) is 0 Å². The van der Waals surface area contributed by atoms with E-state index < -0.39 is 0 Å². The van der Waals surface area contributed by atoms with Gasteiger partial charge in [0.25, 0.3) is 0 Å². The van der Waals surface area contributed by atoms with Crippen LogP contribution in [0.5, 0.6) is 0 Å². The lowest BCUT2D eigenvalue weighted by Gasteiger charge is -2.17. The first-order valence-electron chi connectivity index (χ1n) is 5.32. The number of methoxy groups -OCH3 is 1. The van der Waals surface area contributed by atoms with Gasteiger partial charge in [0, 0.05) is 24.2 Å². The van der Waals surface area contributed by atoms with E-state index in [0.29, 0.717) is 0 Å². The Hall–Kier alpha value is -0.380. The highest BCUT2D eigenvalue weighted by molar-refractivity contribution is 9.10. The van der Waals surface area contributed by atoms with Crippen LogP contribution in [0.3, 0.4) is 0 Å². The number of halogens is 1. The number of ether oxygens (including phenoxy) is 1. The molecule has 1 fully saturated rings. The van der Waals surface area contributed by atoms with Crippen molar-refractivity contribution >= 4 is 15.9 Å². The van der Waals surface area contributed by atoms with Crippen LogP contribution in [0.15, 0.2) is 28.7 Å². The molecule has 15 heavy (non-hydrogen) atoms. The van der Waals surface area contributed by atoms with Gasteiger partial charge >= 0.3 is 0 Å². The summed E-state index contributed by atoms with van der Waals surface area (Å²) in [5.74, 6) is 0. The van der Waals surface area contributed by atoms with E-state index in [4.69, 9.17) is 4.74 Å². The van der Waals surface area contributed by atoms with Crippen molar-refractivity contribution < 1.29 is 4.74 Å². The lowest BCUT2D eigenvalue weighted by Crippen LogP contribution is -2.24. The molecular weight excluding hydrogens is 254 g/mol. The summed E-state index contributed by atoms with van der Waals surface area (Å²) in [6.45, 7) is 0.893. The summed E-state index contributed by atoms with van der Waals surface area (Å²) in [5.41, 5.74) is 1.22. The molecule has 0 aliphatic heterocycles.